The maximum absolute atomic E-state index is 13.2. The van der Waals surface area contributed by atoms with Gasteiger partial charge in [-0.2, -0.15) is 0 Å². The molecule has 280 valence electrons. The topological polar surface area (TPSA) is 233 Å². The summed E-state index contributed by atoms with van der Waals surface area (Å²) in [6.45, 7) is 5.69. The Labute approximate surface area is 310 Å². The van der Waals surface area contributed by atoms with E-state index in [-0.39, 0.29) is 75.8 Å². The summed E-state index contributed by atoms with van der Waals surface area (Å²) in [5, 5.41) is 41.4. The molecule has 55 heavy (non-hydrogen) atoms. The number of carboxylic acids is 2. The molecule has 0 saturated carbocycles. The molecular weight excluding hydrogens is 724 g/mol. The van der Waals surface area contributed by atoms with Crippen molar-refractivity contribution in [2.75, 3.05) is 13.2 Å². The highest BCUT2D eigenvalue weighted by Gasteiger charge is 2.53. The number of benzene rings is 4. The number of carbonyl (C=O) groups is 3. The Bertz CT molecular complexity index is 2200. The standard InChI is InChI=1S/C38H28N2O15/c1-3-27-28(4-2)38(55-37(27)45)29-9-5-25(50-17-21-13-23(52-19-35(41)42)7-11-31(21)39(46)47)15-33(29)54-34-16-26(6-10-30(34)38)51-18-22-14-24(53-20-36(43)44)8-12-32(22)40(48)49/h3-16H,1-2,17-20H2,(H,41,42)(H,43,44). The number of rotatable bonds is 16. The lowest BCUT2D eigenvalue weighted by Gasteiger charge is -2.37. The zero-order valence-electron chi connectivity index (χ0n) is 28.4. The van der Waals surface area contributed by atoms with E-state index in [0.29, 0.717) is 16.7 Å². The molecule has 0 bridgehead atoms. The van der Waals surface area contributed by atoms with Crippen LogP contribution in [0.2, 0.25) is 0 Å². The van der Waals surface area contributed by atoms with Crippen molar-refractivity contribution >= 4 is 29.3 Å². The number of nitro groups is 2. The van der Waals surface area contributed by atoms with Gasteiger partial charge in [0.1, 0.15) is 47.7 Å². The van der Waals surface area contributed by atoms with Gasteiger partial charge in [-0.25, -0.2) is 14.4 Å². The molecule has 2 aliphatic heterocycles. The van der Waals surface area contributed by atoms with Crippen molar-refractivity contribution in [3.8, 4) is 34.5 Å². The molecule has 0 aliphatic carbocycles. The number of esters is 1. The molecule has 0 saturated heterocycles. The summed E-state index contributed by atoms with van der Waals surface area (Å²) in [6, 6.07) is 16.7. The van der Waals surface area contributed by atoms with Crippen molar-refractivity contribution in [1.82, 2.24) is 0 Å². The zero-order valence-corrected chi connectivity index (χ0v) is 28.4. The average molecular weight is 753 g/mol. The number of hydrogen-bond acceptors (Lipinski definition) is 13. The van der Waals surface area contributed by atoms with Crippen LogP contribution in [0, 0.1) is 20.2 Å². The van der Waals surface area contributed by atoms with Gasteiger partial charge < -0.3 is 38.6 Å². The van der Waals surface area contributed by atoms with E-state index in [1.54, 1.807) is 24.3 Å². The van der Waals surface area contributed by atoms with E-state index in [1.165, 1.54) is 60.7 Å². The normalized spacial score (nSPS) is 13.4. The Morgan fingerprint density at radius 2 is 1.13 bits per heavy atom. The van der Waals surface area contributed by atoms with Crippen LogP contribution in [0.1, 0.15) is 22.3 Å². The minimum absolute atomic E-state index is 0.0792. The van der Waals surface area contributed by atoms with Gasteiger partial charge >= 0.3 is 17.9 Å². The first kappa shape index (κ1) is 37.1. The van der Waals surface area contributed by atoms with Crippen LogP contribution in [0.5, 0.6) is 34.5 Å². The van der Waals surface area contributed by atoms with E-state index in [4.69, 9.17) is 38.6 Å². The summed E-state index contributed by atoms with van der Waals surface area (Å²) in [4.78, 5) is 57.4. The molecule has 6 rings (SSSR count). The first-order chi connectivity index (χ1) is 26.3. The summed E-state index contributed by atoms with van der Waals surface area (Å²) < 4.78 is 34.6. The number of hydrogen-bond donors (Lipinski definition) is 2. The van der Waals surface area contributed by atoms with Gasteiger partial charge in [0.15, 0.2) is 18.8 Å². The zero-order chi connectivity index (χ0) is 39.4. The van der Waals surface area contributed by atoms with E-state index >= 15 is 0 Å². The summed E-state index contributed by atoms with van der Waals surface area (Å²) in [5.41, 5.74) is -0.707. The van der Waals surface area contributed by atoms with Crippen LogP contribution >= 0.6 is 0 Å². The third kappa shape index (κ3) is 7.34. The molecule has 0 unspecified atom stereocenters. The van der Waals surface area contributed by atoms with Gasteiger partial charge in [0.05, 0.1) is 26.5 Å². The Kier molecular flexibility index (Phi) is 10.2. The van der Waals surface area contributed by atoms with Gasteiger partial charge in [-0.15, -0.1) is 0 Å². The van der Waals surface area contributed by atoms with E-state index in [1.807, 2.05) is 0 Å². The van der Waals surface area contributed by atoms with Crippen molar-refractivity contribution in [2.24, 2.45) is 0 Å². The molecule has 0 radical (unpaired) electrons. The van der Waals surface area contributed by atoms with Crippen molar-refractivity contribution in [2.45, 2.75) is 18.8 Å². The molecule has 2 N–H and O–H groups in total. The molecule has 17 nitrogen and oxygen atoms in total. The van der Waals surface area contributed by atoms with Crippen molar-refractivity contribution in [3.63, 3.8) is 0 Å². The van der Waals surface area contributed by atoms with Gasteiger partial charge in [0.25, 0.3) is 11.4 Å². The minimum atomic E-state index is -1.58. The molecule has 4 aromatic carbocycles. The molecule has 4 aromatic rings. The Morgan fingerprint density at radius 3 is 1.53 bits per heavy atom. The van der Waals surface area contributed by atoms with Crippen LogP contribution < -0.4 is 23.7 Å². The summed E-state index contributed by atoms with van der Waals surface area (Å²) in [7, 11) is 0. The largest absolute Gasteiger partial charge is 0.489 e. The molecule has 2 heterocycles. The quantitative estimate of drug-likeness (QED) is 0.0741. The van der Waals surface area contributed by atoms with E-state index in [0.717, 1.165) is 0 Å². The molecular formula is C38H28N2O15. The van der Waals surface area contributed by atoms with Crippen LogP contribution in [0.3, 0.4) is 0 Å². The number of ether oxygens (including phenoxy) is 6. The van der Waals surface area contributed by atoms with Crippen molar-refractivity contribution in [1.29, 1.82) is 0 Å². The molecule has 0 fully saturated rings. The van der Waals surface area contributed by atoms with Gasteiger partial charge in [-0.3, -0.25) is 20.2 Å². The lowest BCUT2D eigenvalue weighted by Crippen LogP contribution is -2.33. The van der Waals surface area contributed by atoms with Gasteiger partial charge in [0.2, 0.25) is 0 Å². The molecule has 0 aromatic heterocycles. The number of nitro benzene ring substituents is 2. The monoisotopic (exact) mass is 752 g/mol. The number of carbonyl (C=O) groups excluding carboxylic acids is 1. The summed E-state index contributed by atoms with van der Waals surface area (Å²) in [5.74, 6) is -2.30. The Morgan fingerprint density at radius 1 is 0.691 bits per heavy atom. The lowest BCUT2D eigenvalue weighted by molar-refractivity contribution is -0.386. The van der Waals surface area contributed by atoms with Crippen LogP contribution in [-0.4, -0.2) is 51.2 Å². The number of carboxylic acid groups (broad SMARTS) is 2. The van der Waals surface area contributed by atoms with Gasteiger partial charge in [-0.05, 0) is 48.5 Å². The number of fused-ring (bicyclic) bond motifs is 4. The fourth-order valence-corrected chi connectivity index (χ4v) is 6.10. The van der Waals surface area contributed by atoms with Crippen molar-refractivity contribution < 1.29 is 62.9 Å². The highest BCUT2D eigenvalue weighted by molar-refractivity contribution is 5.98. The average Bonchev–Trinajstić information content (AvgIpc) is 3.44. The highest BCUT2D eigenvalue weighted by atomic mass is 16.6. The number of nitrogens with zero attached hydrogens (tertiary/aromatic N) is 2. The van der Waals surface area contributed by atoms with Crippen molar-refractivity contribution in [3.05, 3.63) is 152 Å². The first-order valence-electron chi connectivity index (χ1n) is 16.0. The lowest BCUT2D eigenvalue weighted by atomic mass is 9.77. The second-order valence-electron chi connectivity index (χ2n) is 11.8. The minimum Gasteiger partial charge on any atom is -0.489 e. The number of aliphatic carboxylic acids is 2. The summed E-state index contributed by atoms with van der Waals surface area (Å²) >= 11 is 0. The first-order valence-corrected chi connectivity index (χ1v) is 16.0. The molecule has 1 spiro atoms. The van der Waals surface area contributed by atoms with Gasteiger partial charge in [-0.1, -0.05) is 25.3 Å². The van der Waals surface area contributed by atoms with Crippen LogP contribution in [-0.2, 0) is 37.9 Å². The van der Waals surface area contributed by atoms with E-state index in [9.17, 15) is 34.6 Å². The van der Waals surface area contributed by atoms with Crippen LogP contribution in [0.25, 0.3) is 0 Å². The maximum atomic E-state index is 13.2. The predicted octanol–water partition coefficient (Wildman–Crippen LogP) is 6.16. The SMILES string of the molecule is C=CC1=C(C=C)C2(OC1=O)c1ccc(OCc3cc(OCC(=O)O)ccc3[N+](=O)[O-])cc1Oc1cc(OCc3cc(OCC(=O)O)ccc3[N+](=O)[O-])ccc12. The smallest absolute Gasteiger partial charge is 0.341 e. The third-order valence-corrected chi connectivity index (χ3v) is 8.44. The van der Waals surface area contributed by atoms with E-state index in [2.05, 4.69) is 13.2 Å². The maximum Gasteiger partial charge on any atom is 0.341 e. The Hall–Kier alpha value is -7.69. The third-order valence-electron chi connectivity index (χ3n) is 8.44. The fourth-order valence-electron chi connectivity index (χ4n) is 6.10. The molecule has 17 heteroatoms. The predicted molar refractivity (Wildman–Crippen MR) is 188 cm³/mol. The molecule has 2 aliphatic rings. The Balaban J connectivity index is 1.34. The highest BCUT2D eigenvalue weighted by Crippen LogP contribution is 2.57. The van der Waals surface area contributed by atoms with Gasteiger partial charge in [0, 0.05) is 41.0 Å². The fraction of sp³-hybridized carbons (Fsp3) is 0.132. The van der Waals surface area contributed by atoms with Crippen LogP contribution in [0.4, 0.5) is 11.4 Å². The van der Waals surface area contributed by atoms with E-state index < -0.39 is 46.6 Å². The summed E-state index contributed by atoms with van der Waals surface area (Å²) in [6.07, 6.45) is 2.81. The van der Waals surface area contributed by atoms with Crippen LogP contribution in [0.15, 0.2) is 109 Å². The second-order valence-corrected chi connectivity index (χ2v) is 11.8. The molecule has 0 amide bonds. The second kappa shape index (κ2) is 15.1. The molecule has 0 atom stereocenters.